The van der Waals surface area contributed by atoms with Gasteiger partial charge in [-0.05, 0) is 32.9 Å². The molecule has 1 aromatic rings. The molecule has 0 aliphatic carbocycles. The number of nitrogens with two attached hydrogens (primary N) is 1. The summed E-state index contributed by atoms with van der Waals surface area (Å²) in [6.45, 7) is 5.18. The number of anilines is 1. The summed E-state index contributed by atoms with van der Waals surface area (Å²) in [5, 5.41) is 4.77. The zero-order valence-corrected chi connectivity index (χ0v) is 14.3. The molecule has 3 amide bonds. The number of carbonyl (C=O) groups excluding carboxylic acids is 2. The van der Waals surface area contributed by atoms with E-state index in [-0.39, 0.29) is 13.2 Å². The second kappa shape index (κ2) is 8.67. The van der Waals surface area contributed by atoms with Gasteiger partial charge >= 0.3 is 13.6 Å². The van der Waals surface area contributed by atoms with Crippen LogP contribution in [0.3, 0.4) is 0 Å². The van der Waals surface area contributed by atoms with Crippen molar-refractivity contribution >= 4 is 25.2 Å². The minimum absolute atomic E-state index is 0.0440. The maximum Gasteiger partial charge on any atom is 0.362 e. The third-order valence-corrected chi connectivity index (χ3v) is 5.03. The molecule has 0 fully saturated rings. The molecule has 0 heterocycles. The Morgan fingerprint density at radius 1 is 1.17 bits per heavy atom. The smallest absolute Gasteiger partial charge is 0.362 e. The van der Waals surface area contributed by atoms with Gasteiger partial charge in [0, 0.05) is 5.69 Å². The number of rotatable bonds is 8. The quantitative estimate of drug-likeness (QED) is 0.625. The normalized spacial score (nSPS) is 12.5. The molecule has 1 atom stereocenters. The maximum atomic E-state index is 12.6. The lowest BCUT2D eigenvalue weighted by Gasteiger charge is -2.24. The highest BCUT2D eigenvalue weighted by molar-refractivity contribution is 7.55. The first kappa shape index (κ1) is 19.2. The molecule has 1 aromatic carbocycles. The lowest BCUT2D eigenvalue weighted by atomic mass is 10.2. The van der Waals surface area contributed by atoms with Crippen LogP contribution in [0, 0.1) is 6.92 Å². The number of carbonyl (C=O) groups is 2. The van der Waals surface area contributed by atoms with Crippen LogP contribution < -0.4 is 16.4 Å². The molecule has 23 heavy (non-hydrogen) atoms. The lowest BCUT2D eigenvalue weighted by Crippen LogP contribution is -2.46. The standard InChI is InChI=1S/C14H22N3O5P/c1-4-21-23(20,22-5-2)13(12(15)18)17-14(19)16-11-8-6-10(3)7-9-11/h6-9,13H,4-5H2,1-3H3,(H2,15,18)(H2,16,17,19)/t13-/m0/s1. The van der Waals surface area contributed by atoms with Crippen molar-refractivity contribution in [2.75, 3.05) is 18.5 Å². The van der Waals surface area contributed by atoms with Gasteiger partial charge in [0.1, 0.15) is 0 Å². The van der Waals surface area contributed by atoms with Gasteiger partial charge in [0.05, 0.1) is 13.2 Å². The fourth-order valence-electron chi connectivity index (χ4n) is 1.78. The van der Waals surface area contributed by atoms with E-state index in [2.05, 4.69) is 10.6 Å². The summed E-state index contributed by atoms with van der Waals surface area (Å²) in [6, 6.07) is 6.27. The van der Waals surface area contributed by atoms with Crippen LogP contribution in [0.15, 0.2) is 24.3 Å². The summed E-state index contributed by atoms with van der Waals surface area (Å²) in [4.78, 5) is 23.6. The topological polar surface area (TPSA) is 120 Å². The van der Waals surface area contributed by atoms with Crippen molar-refractivity contribution in [1.29, 1.82) is 0 Å². The number of benzene rings is 1. The summed E-state index contributed by atoms with van der Waals surface area (Å²) in [5.74, 6) is -2.58. The minimum Gasteiger partial charge on any atom is -0.367 e. The van der Waals surface area contributed by atoms with Gasteiger partial charge in [0.25, 0.3) is 5.91 Å². The third-order valence-electron chi connectivity index (χ3n) is 2.78. The molecule has 1 rings (SSSR count). The number of nitrogens with one attached hydrogen (secondary N) is 2. The van der Waals surface area contributed by atoms with E-state index in [9.17, 15) is 14.2 Å². The van der Waals surface area contributed by atoms with E-state index < -0.39 is 25.3 Å². The zero-order valence-electron chi connectivity index (χ0n) is 13.4. The first-order valence-corrected chi connectivity index (χ1v) is 8.75. The number of urea groups is 1. The maximum absolute atomic E-state index is 12.6. The van der Waals surface area contributed by atoms with Crippen molar-refractivity contribution in [2.24, 2.45) is 5.73 Å². The van der Waals surface area contributed by atoms with E-state index in [1.54, 1.807) is 26.0 Å². The van der Waals surface area contributed by atoms with Gasteiger partial charge in [-0.3, -0.25) is 9.36 Å². The number of primary amides is 1. The van der Waals surface area contributed by atoms with Crippen LogP contribution in [-0.4, -0.2) is 30.9 Å². The fourth-order valence-corrected chi connectivity index (χ4v) is 3.46. The number of hydrogen-bond donors (Lipinski definition) is 3. The Bertz CT molecular complexity index is 581. The van der Waals surface area contributed by atoms with E-state index in [4.69, 9.17) is 14.8 Å². The van der Waals surface area contributed by atoms with Crippen LogP contribution in [-0.2, 0) is 18.4 Å². The summed E-state index contributed by atoms with van der Waals surface area (Å²) in [6.07, 6.45) is 0. The first-order valence-electron chi connectivity index (χ1n) is 7.14. The Morgan fingerprint density at radius 3 is 2.13 bits per heavy atom. The average Bonchev–Trinajstić information content (AvgIpc) is 2.47. The van der Waals surface area contributed by atoms with E-state index in [0.717, 1.165) is 5.56 Å². The molecule has 8 nitrogen and oxygen atoms in total. The number of aryl methyl sites for hydroxylation is 1. The Labute approximate surface area is 135 Å². The van der Waals surface area contributed by atoms with E-state index in [0.29, 0.717) is 5.69 Å². The van der Waals surface area contributed by atoms with Crippen LogP contribution in [0.25, 0.3) is 0 Å². The molecule has 0 spiro atoms. The molecule has 0 aliphatic heterocycles. The van der Waals surface area contributed by atoms with Crippen molar-refractivity contribution in [1.82, 2.24) is 5.32 Å². The Hall–Kier alpha value is -1.89. The fraction of sp³-hybridized carbons (Fsp3) is 0.429. The van der Waals surface area contributed by atoms with Crippen molar-refractivity contribution in [3.05, 3.63) is 29.8 Å². The molecule has 0 unspecified atom stereocenters. The Kier molecular flexibility index (Phi) is 7.22. The molecule has 0 aliphatic rings. The molecule has 128 valence electrons. The van der Waals surface area contributed by atoms with Gasteiger partial charge in [0.2, 0.25) is 5.78 Å². The van der Waals surface area contributed by atoms with Gasteiger partial charge in [-0.25, -0.2) is 4.79 Å². The molecular formula is C14H22N3O5P. The van der Waals surface area contributed by atoms with E-state index in [1.807, 2.05) is 19.1 Å². The van der Waals surface area contributed by atoms with Crippen molar-refractivity contribution < 1.29 is 23.2 Å². The van der Waals surface area contributed by atoms with Gasteiger partial charge in [-0.1, -0.05) is 17.7 Å². The summed E-state index contributed by atoms with van der Waals surface area (Å²) in [7, 11) is -3.90. The predicted octanol–water partition coefficient (Wildman–Crippen LogP) is 2.19. The van der Waals surface area contributed by atoms with E-state index >= 15 is 0 Å². The van der Waals surface area contributed by atoms with Crippen LogP contribution in [0.2, 0.25) is 0 Å². The Balaban J connectivity index is 2.85. The second-order valence-electron chi connectivity index (χ2n) is 4.64. The van der Waals surface area contributed by atoms with Crippen LogP contribution in [0.5, 0.6) is 0 Å². The predicted molar refractivity (Wildman–Crippen MR) is 87.2 cm³/mol. The van der Waals surface area contributed by atoms with Gasteiger partial charge in [0.15, 0.2) is 0 Å². The first-order chi connectivity index (χ1) is 10.8. The highest BCUT2D eigenvalue weighted by atomic mass is 31.2. The molecule has 0 radical (unpaired) electrons. The molecule has 0 bridgehead atoms. The van der Waals surface area contributed by atoms with Crippen molar-refractivity contribution in [3.8, 4) is 0 Å². The zero-order chi connectivity index (χ0) is 17.5. The molecule has 4 N–H and O–H groups in total. The third kappa shape index (κ3) is 5.67. The monoisotopic (exact) mass is 343 g/mol. The minimum atomic E-state index is -3.90. The lowest BCUT2D eigenvalue weighted by molar-refractivity contribution is -0.118. The van der Waals surface area contributed by atoms with Crippen LogP contribution >= 0.6 is 7.60 Å². The Morgan fingerprint density at radius 2 is 1.70 bits per heavy atom. The van der Waals surface area contributed by atoms with Crippen LogP contribution in [0.1, 0.15) is 19.4 Å². The van der Waals surface area contributed by atoms with E-state index in [1.165, 1.54) is 0 Å². The second-order valence-corrected chi connectivity index (χ2v) is 6.76. The molecule has 9 heteroatoms. The largest absolute Gasteiger partial charge is 0.367 e. The summed E-state index contributed by atoms with van der Waals surface area (Å²) in [5.41, 5.74) is 6.77. The summed E-state index contributed by atoms with van der Waals surface area (Å²) >= 11 is 0. The molecule has 0 saturated carbocycles. The highest BCUT2D eigenvalue weighted by Gasteiger charge is 2.41. The van der Waals surface area contributed by atoms with Crippen molar-refractivity contribution in [3.63, 3.8) is 0 Å². The molecular weight excluding hydrogens is 321 g/mol. The van der Waals surface area contributed by atoms with Crippen molar-refractivity contribution in [2.45, 2.75) is 26.6 Å². The molecule has 0 aromatic heterocycles. The van der Waals surface area contributed by atoms with Gasteiger partial charge in [-0.2, -0.15) is 0 Å². The molecule has 0 saturated heterocycles. The highest BCUT2D eigenvalue weighted by Crippen LogP contribution is 2.51. The number of hydrogen-bond acceptors (Lipinski definition) is 5. The number of amides is 3. The SMILES string of the molecule is CCOP(=O)(OCC)[C@H](NC(=O)Nc1ccc(C)cc1)C(N)=O. The average molecular weight is 343 g/mol. The van der Waals surface area contributed by atoms with Gasteiger partial charge < -0.3 is 25.4 Å². The summed E-state index contributed by atoms with van der Waals surface area (Å²) < 4.78 is 22.7. The van der Waals surface area contributed by atoms with Gasteiger partial charge in [-0.15, -0.1) is 0 Å². The van der Waals surface area contributed by atoms with Crippen LogP contribution in [0.4, 0.5) is 10.5 Å².